The summed E-state index contributed by atoms with van der Waals surface area (Å²) in [6.45, 7) is 0. The van der Waals surface area contributed by atoms with Crippen LogP contribution in [0.25, 0.3) is 10.2 Å². The van der Waals surface area contributed by atoms with Gasteiger partial charge in [0.2, 0.25) is 0 Å². The molecule has 0 spiro atoms. The molecule has 0 bridgehead atoms. The maximum absolute atomic E-state index is 4.60. The van der Waals surface area contributed by atoms with Gasteiger partial charge < -0.3 is 5.32 Å². The van der Waals surface area contributed by atoms with Crippen LogP contribution in [0, 0.1) is 0 Å². The van der Waals surface area contributed by atoms with Gasteiger partial charge in [-0.15, -0.1) is 23.1 Å². The summed E-state index contributed by atoms with van der Waals surface area (Å²) < 4.78 is 0. The number of thioether (sulfide) groups is 1. The Morgan fingerprint density at radius 1 is 1.13 bits per heavy atom. The van der Waals surface area contributed by atoms with E-state index in [1.54, 1.807) is 6.33 Å². The highest BCUT2D eigenvalue weighted by Crippen LogP contribution is 2.42. The first-order valence-corrected chi connectivity index (χ1v) is 9.94. The molecular weight excluding hydrogens is 322 g/mol. The lowest BCUT2D eigenvalue weighted by Gasteiger charge is -2.26. The zero-order chi connectivity index (χ0) is 15.2. The number of benzene rings is 1. The Kier molecular flexibility index (Phi) is 3.30. The summed E-state index contributed by atoms with van der Waals surface area (Å²) in [5.41, 5.74) is 2.90. The maximum atomic E-state index is 4.60. The molecule has 5 heteroatoms. The third-order valence-corrected chi connectivity index (χ3v) is 7.09. The molecule has 1 aromatic carbocycles. The Labute approximate surface area is 143 Å². The lowest BCUT2D eigenvalue weighted by molar-refractivity contribution is 0.725. The molecule has 0 saturated carbocycles. The third kappa shape index (κ3) is 2.25. The van der Waals surface area contributed by atoms with Gasteiger partial charge in [0.25, 0.3) is 0 Å². The minimum Gasteiger partial charge on any atom is -0.363 e. The number of aromatic nitrogens is 2. The molecule has 0 radical (unpaired) electrons. The van der Waals surface area contributed by atoms with Gasteiger partial charge in [-0.3, -0.25) is 0 Å². The van der Waals surface area contributed by atoms with Crippen molar-refractivity contribution in [2.24, 2.45) is 0 Å². The van der Waals surface area contributed by atoms with Crippen molar-refractivity contribution in [3.8, 4) is 0 Å². The molecule has 3 heterocycles. The maximum Gasteiger partial charge on any atom is 0.138 e. The first-order valence-electron chi connectivity index (χ1n) is 8.13. The van der Waals surface area contributed by atoms with Crippen molar-refractivity contribution in [3.05, 3.63) is 46.6 Å². The Hall–Kier alpha value is -1.59. The predicted molar refractivity (Wildman–Crippen MR) is 97.6 cm³/mol. The number of fused-ring (bicyclic) bond motifs is 4. The topological polar surface area (TPSA) is 37.8 Å². The van der Waals surface area contributed by atoms with Crippen LogP contribution in [0.2, 0.25) is 0 Å². The van der Waals surface area contributed by atoms with E-state index in [0.29, 0.717) is 6.04 Å². The van der Waals surface area contributed by atoms with Gasteiger partial charge in [0.05, 0.1) is 11.4 Å². The largest absolute Gasteiger partial charge is 0.363 e. The number of thiophene rings is 1. The fourth-order valence-electron chi connectivity index (χ4n) is 3.70. The molecule has 0 amide bonds. The molecule has 1 aliphatic heterocycles. The standard InChI is InChI=1S/C18H17N3S2/c1-2-6-14-11(4-1)13(8-9-22-14)21-17-16-12-5-3-7-15(12)23-18(16)20-10-19-17/h1-2,4,6,10,13H,3,5,7-9H2,(H,19,20,21)/t13-/m0/s1. The Balaban J connectivity index is 1.58. The normalized spacial score (nSPS) is 19.6. The SMILES string of the molecule is c1ccc2c(c1)SCC[C@@H]2Nc1ncnc2sc3c(c12)CCC3. The molecule has 3 nitrogen and oxygen atoms in total. The van der Waals surface area contributed by atoms with Crippen molar-refractivity contribution in [2.45, 2.75) is 36.6 Å². The number of anilines is 1. The van der Waals surface area contributed by atoms with Gasteiger partial charge in [0, 0.05) is 15.5 Å². The van der Waals surface area contributed by atoms with Crippen LogP contribution in [0.5, 0.6) is 0 Å². The second-order valence-corrected chi connectivity index (χ2v) is 8.35. The monoisotopic (exact) mass is 339 g/mol. The molecule has 0 saturated heterocycles. The number of hydrogen-bond donors (Lipinski definition) is 1. The second kappa shape index (κ2) is 5.49. The molecule has 2 aromatic heterocycles. The summed E-state index contributed by atoms with van der Waals surface area (Å²) in [5, 5.41) is 5.02. The van der Waals surface area contributed by atoms with Crippen molar-refractivity contribution in [1.29, 1.82) is 0 Å². The number of nitrogens with one attached hydrogen (secondary N) is 1. The smallest absolute Gasteiger partial charge is 0.138 e. The van der Waals surface area contributed by atoms with Crippen molar-refractivity contribution >= 4 is 39.1 Å². The lowest BCUT2D eigenvalue weighted by Crippen LogP contribution is -2.17. The molecule has 23 heavy (non-hydrogen) atoms. The van der Waals surface area contributed by atoms with Gasteiger partial charge >= 0.3 is 0 Å². The molecule has 1 atom stereocenters. The zero-order valence-corrected chi connectivity index (χ0v) is 14.3. The fourth-order valence-corrected chi connectivity index (χ4v) is 6.05. The van der Waals surface area contributed by atoms with Gasteiger partial charge in [0.1, 0.15) is 17.0 Å². The van der Waals surface area contributed by atoms with E-state index in [2.05, 4.69) is 39.6 Å². The Bertz CT molecular complexity index is 887. The van der Waals surface area contributed by atoms with Crippen LogP contribution in [0.3, 0.4) is 0 Å². The van der Waals surface area contributed by atoms with Crippen LogP contribution >= 0.6 is 23.1 Å². The average molecular weight is 339 g/mol. The van der Waals surface area contributed by atoms with Gasteiger partial charge in [-0.2, -0.15) is 0 Å². The van der Waals surface area contributed by atoms with Crippen LogP contribution in [0.15, 0.2) is 35.5 Å². The van der Waals surface area contributed by atoms with E-state index in [-0.39, 0.29) is 0 Å². The van der Waals surface area contributed by atoms with Crippen LogP contribution < -0.4 is 5.32 Å². The van der Waals surface area contributed by atoms with E-state index in [1.165, 1.54) is 45.5 Å². The van der Waals surface area contributed by atoms with E-state index < -0.39 is 0 Å². The summed E-state index contributed by atoms with van der Waals surface area (Å²) in [6.07, 6.45) is 6.50. The highest BCUT2D eigenvalue weighted by Gasteiger charge is 2.24. The van der Waals surface area contributed by atoms with E-state index in [0.717, 1.165) is 22.8 Å². The lowest BCUT2D eigenvalue weighted by atomic mass is 10.0. The quantitative estimate of drug-likeness (QED) is 0.726. The van der Waals surface area contributed by atoms with Gasteiger partial charge in [-0.25, -0.2) is 9.97 Å². The summed E-state index contributed by atoms with van der Waals surface area (Å²) in [6, 6.07) is 9.09. The summed E-state index contributed by atoms with van der Waals surface area (Å²) >= 11 is 3.81. The first kappa shape index (κ1) is 13.8. The average Bonchev–Trinajstić information content (AvgIpc) is 3.16. The molecular formula is C18H17N3S2. The summed E-state index contributed by atoms with van der Waals surface area (Å²) in [7, 11) is 0. The molecule has 116 valence electrons. The minimum atomic E-state index is 0.350. The third-order valence-electron chi connectivity index (χ3n) is 4.77. The molecule has 0 unspecified atom stereocenters. The van der Waals surface area contributed by atoms with Gasteiger partial charge in [-0.1, -0.05) is 18.2 Å². The van der Waals surface area contributed by atoms with Crippen LogP contribution in [-0.2, 0) is 12.8 Å². The van der Waals surface area contributed by atoms with Crippen LogP contribution in [0.4, 0.5) is 5.82 Å². The first-order chi connectivity index (χ1) is 11.4. The van der Waals surface area contributed by atoms with E-state index in [4.69, 9.17) is 0 Å². The predicted octanol–water partition coefficient (Wildman–Crippen LogP) is 4.83. The highest BCUT2D eigenvalue weighted by molar-refractivity contribution is 7.99. The van der Waals surface area contributed by atoms with Crippen molar-refractivity contribution in [2.75, 3.05) is 11.1 Å². The molecule has 0 fully saturated rings. The van der Waals surface area contributed by atoms with E-state index in [1.807, 2.05) is 23.1 Å². The minimum absolute atomic E-state index is 0.350. The Morgan fingerprint density at radius 2 is 2.09 bits per heavy atom. The number of aryl methyl sites for hydroxylation is 2. The van der Waals surface area contributed by atoms with Crippen molar-refractivity contribution in [1.82, 2.24) is 9.97 Å². The Morgan fingerprint density at radius 3 is 3.09 bits per heavy atom. The van der Waals surface area contributed by atoms with E-state index >= 15 is 0 Å². The zero-order valence-electron chi connectivity index (χ0n) is 12.7. The molecule has 1 N–H and O–H groups in total. The van der Waals surface area contributed by atoms with Crippen molar-refractivity contribution in [3.63, 3.8) is 0 Å². The molecule has 5 rings (SSSR count). The highest BCUT2D eigenvalue weighted by atomic mass is 32.2. The summed E-state index contributed by atoms with van der Waals surface area (Å²) in [4.78, 5) is 13.2. The molecule has 2 aliphatic rings. The second-order valence-electron chi connectivity index (χ2n) is 6.13. The van der Waals surface area contributed by atoms with Crippen molar-refractivity contribution < 1.29 is 0 Å². The summed E-state index contributed by atoms with van der Waals surface area (Å²) in [5.74, 6) is 2.19. The van der Waals surface area contributed by atoms with Crippen LogP contribution in [-0.4, -0.2) is 15.7 Å². The molecule has 1 aliphatic carbocycles. The molecule has 3 aromatic rings. The number of rotatable bonds is 2. The van der Waals surface area contributed by atoms with Gasteiger partial charge in [-0.05, 0) is 42.9 Å². The fraction of sp³-hybridized carbons (Fsp3) is 0.333. The van der Waals surface area contributed by atoms with Gasteiger partial charge in [0.15, 0.2) is 0 Å². The van der Waals surface area contributed by atoms with E-state index in [9.17, 15) is 0 Å². The number of nitrogens with zero attached hydrogens (tertiary/aromatic N) is 2. The number of hydrogen-bond acceptors (Lipinski definition) is 5. The van der Waals surface area contributed by atoms with Crippen LogP contribution in [0.1, 0.15) is 34.9 Å².